The van der Waals surface area contributed by atoms with E-state index in [0.29, 0.717) is 6.54 Å². The van der Waals surface area contributed by atoms with Gasteiger partial charge >= 0.3 is 6.03 Å². The summed E-state index contributed by atoms with van der Waals surface area (Å²) in [5, 5.41) is 0. The maximum Gasteiger partial charge on any atom is 0.315 e. The Balaban J connectivity index is 1.86. The van der Waals surface area contributed by atoms with Crippen molar-refractivity contribution in [3.8, 4) is 0 Å². The van der Waals surface area contributed by atoms with Crippen LogP contribution in [0.4, 0.5) is 4.79 Å². The quantitative estimate of drug-likeness (QED) is 0.918. The van der Waals surface area contributed by atoms with E-state index in [9.17, 15) is 4.79 Å². The molecule has 3 heteroatoms. The highest BCUT2D eigenvalue weighted by molar-refractivity contribution is 5.73. The minimum Gasteiger partial charge on any atom is -0.351 e. The lowest BCUT2D eigenvalue weighted by molar-refractivity contribution is 0.179. The molecule has 1 unspecified atom stereocenters. The summed E-state index contributed by atoms with van der Waals surface area (Å²) in [4.78, 5) is 13.7. The second kappa shape index (κ2) is 5.60. The van der Waals surface area contributed by atoms with E-state index in [1.54, 1.807) is 4.90 Å². The molecule has 108 valence electrons. The number of benzene rings is 2. The fourth-order valence-corrected chi connectivity index (χ4v) is 3.09. The molecule has 1 aliphatic carbocycles. The number of nitrogens with zero attached hydrogens (tertiary/aromatic N) is 1. The molecule has 0 saturated carbocycles. The van der Waals surface area contributed by atoms with Crippen LogP contribution in [0, 0.1) is 6.92 Å². The first-order chi connectivity index (χ1) is 10.1. The molecular formula is C18H20N2O. The molecule has 0 aromatic heterocycles. The predicted molar refractivity (Wildman–Crippen MR) is 83.8 cm³/mol. The second-order valence-corrected chi connectivity index (χ2v) is 5.71. The Bertz CT molecular complexity index is 649. The topological polar surface area (TPSA) is 46.3 Å². The van der Waals surface area contributed by atoms with Crippen LogP contribution in [0.2, 0.25) is 0 Å². The summed E-state index contributed by atoms with van der Waals surface area (Å²) in [7, 11) is 0. The smallest absolute Gasteiger partial charge is 0.315 e. The number of primary amides is 1. The number of hydrogen-bond donors (Lipinski definition) is 1. The Morgan fingerprint density at radius 2 is 1.90 bits per heavy atom. The summed E-state index contributed by atoms with van der Waals surface area (Å²) in [5.41, 5.74) is 10.5. The first-order valence-electron chi connectivity index (χ1n) is 7.34. The summed E-state index contributed by atoms with van der Waals surface area (Å²) in [6, 6.07) is 16.3. The second-order valence-electron chi connectivity index (χ2n) is 5.71. The fourth-order valence-electron chi connectivity index (χ4n) is 3.09. The van der Waals surface area contributed by atoms with Crippen molar-refractivity contribution in [3.63, 3.8) is 0 Å². The van der Waals surface area contributed by atoms with Gasteiger partial charge in [-0.15, -0.1) is 0 Å². The Kier molecular flexibility index (Phi) is 3.65. The number of hydrogen-bond acceptors (Lipinski definition) is 1. The lowest BCUT2D eigenvalue weighted by Gasteiger charge is -2.28. The molecule has 0 saturated heterocycles. The van der Waals surface area contributed by atoms with Crippen molar-refractivity contribution in [1.29, 1.82) is 0 Å². The monoisotopic (exact) mass is 280 g/mol. The van der Waals surface area contributed by atoms with Gasteiger partial charge in [-0.3, -0.25) is 0 Å². The maximum atomic E-state index is 11.9. The van der Waals surface area contributed by atoms with Crippen molar-refractivity contribution in [1.82, 2.24) is 4.90 Å². The molecule has 0 heterocycles. The van der Waals surface area contributed by atoms with Crippen LogP contribution in [0.15, 0.2) is 48.5 Å². The van der Waals surface area contributed by atoms with Crippen LogP contribution in [-0.4, -0.2) is 10.9 Å². The van der Waals surface area contributed by atoms with E-state index in [4.69, 9.17) is 5.73 Å². The predicted octanol–water partition coefficient (Wildman–Crippen LogP) is 3.56. The number of carbonyl (C=O) groups is 1. The zero-order valence-corrected chi connectivity index (χ0v) is 12.3. The van der Waals surface area contributed by atoms with Crippen molar-refractivity contribution in [2.45, 2.75) is 32.4 Å². The molecule has 2 N–H and O–H groups in total. The van der Waals surface area contributed by atoms with Crippen LogP contribution in [0.1, 0.15) is 34.7 Å². The normalized spacial score (nSPS) is 16.5. The molecule has 0 aliphatic heterocycles. The standard InChI is InChI=1S/C18H20N2O/c1-13-6-8-14(9-7-13)12-20(18(19)21)17-11-10-15-4-2-3-5-16(15)17/h2-9,17H,10-12H2,1H3,(H2,19,21). The molecule has 1 atom stereocenters. The Morgan fingerprint density at radius 3 is 2.62 bits per heavy atom. The molecule has 2 aromatic carbocycles. The Hall–Kier alpha value is -2.29. The lowest BCUT2D eigenvalue weighted by atomic mass is 10.1. The number of fused-ring (bicyclic) bond motifs is 1. The maximum absolute atomic E-state index is 11.9. The minimum atomic E-state index is -0.350. The van der Waals surface area contributed by atoms with Gasteiger partial charge in [0.05, 0.1) is 6.04 Å². The summed E-state index contributed by atoms with van der Waals surface area (Å²) in [5.74, 6) is 0. The van der Waals surface area contributed by atoms with Gasteiger partial charge < -0.3 is 10.6 Å². The van der Waals surface area contributed by atoms with Crippen molar-refractivity contribution < 1.29 is 4.79 Å². The molecule has 3 nitrogen and oxygen atoms in total. The number of carbonyl (C=O) groups excluding carboxylic acids is 1. The van der Waals surface area contributed by atoms with Gasteiger partial charge in [0.15, 0.2) is 0 Å². The van der Waals surface area contributed by atoms with E-state index in [1.807, 2.05) is 6.07 Å². The van der Waals surface area contributed by atoms with Crippen molar-refractivity contribution in [2.24, 2.45) is 5.73 Å². The Labute approximate surface area is 125 Å². The van der Waals surface area contributed by atoms with Gasteiger partial charge in [-0.25, -0.2) is 4.79 Å². The molecular weight excluding hydrogens is 260 g/mol. The van der Waals surface area contributed by atoms with Crippen molar-refractivity contribution >= 4 is 6.03 Å². The van der Waals surface area contributed by atoms with E-state index >= 15 is 0 Å². The zero-order valence-electron chi connectivity index (χ0n) is 12.3. The van der Waals surface area contributed by atoms with E-state index < -0.39 is 0 Å². The Morgan fingerprint density at radius 1 is 1.19 bits per heavy atom. The van der Waals surface area contributed by atoms with E-state index in [1.165, 1.54) is 16.7 Å². The minimum absolute atomic E-state index is 0.0972. The summed E-state index contributed by atoms with van der Waals surface area (Å²) >= 11 is 0. The summed E-state index contributed by atoms with van der Waals surface area (Å²) < 4.78 is 0. The number of nitrogens with two attached hydrogens (primary N) is 1. The SMILES string of the molecule is Cc1ccc(CN(C(N)=O)C2CCc3ccccc32)cc1. The average molecular weight is 280 g/mol. The fraction of sp³-hybridized carbons (Fsp3) is 0.278. The number of aryl methyl sites for hydroxylation is 2. The zero-order chi connectivity index (χ0) is 14.8. The molecule has 0 radical (unpaired) electrons. The highest BCUT2D eigenvalue weighted by Crippen LogP contribution is 2.36. The van der Waals surface area contributed by atoms with Crippen LogP contribution in [0.3, 0.4) is 0 Å². The van der Waals surface area contributed by atoms with Crippen LogP contribution in [0.25, 0.3) is 0 Å². The van der Waals surface area contributed by atoms with Crippen LogP contribution >= 0.6 is 0 Å². The molecule has 0 spiro atoms. The van der Waals surface area contributed by atoms with Crippen molar-refractivity contribution in [3.05, 3.63) is 70.8 Å². The molecule has 21 heavy (non-hydrogen) atoms. The third-order valence-corrected chi connectivity index (χ3v) is 4.23. The van der Waals surface area contributed by atoms with Crippen molar-refractivity contribution in [2.75, 3.05) is 0 Å². The number of amides is 2. The van der Waals surface area contributed by atoms with E-state index in [0.717, 1.165) is 18.4 Å². The lowest BCUT2D eigenvalue weighted by Crippen LogP contribution is -2.37. The summed E-state index contributed by atoms with van der Waals surface area (Å²) in [6.45, 7) is 2.62. The van der Waals surface area contributed by atoms with Gasteiger partial charge in [0, 0.05) is 6.54 Å². The largest absolute Gasteiger partial charge is 0.351 e. The van der Waals surface area contributed by atoms with E-state index in [-0.39, 0.29) is 12.1 Å². The third-order valence-electron chi connectivity index (χ3n) is 4.23. The number of rotatable bonds is 3. The summed E-state index contributed by atoms with van der Waals surface area (Å²) in [6.07, 6.45) is 1.96. The molecule has 2 aromatic rings. The first-order valence-corrected chi connectivity index (χ1v) is 7.34. The van der Waals surface area contributed by atoms with Crippen LogP contribution in [-0.2, 0) is 13.0 Å². The van der Waals surface area contributed by atoms with Gasteiger partial charge in [-0.1, -0.05) is 54.1 Å². The first kappa shape index (κ1) is 13.7. The number of urea groups is 1. The molecule has 2 amide bonds. The highest BCUT2D eigenvalue weighted by atomic mass is 16.2. The van der Waals surface area contributed by atoms with Gasteiger partial charge in [-0.05, 0) is 36.5 Å². The third kappa shape index (κ3) is 2.77. The molecule has 3 rings (SSSR count). The molecule has 1 aliphatic rings. The van der Waals surface area contributed by atoms with Crippen LogP contribution in [0.5, 0.6) is 0 Å². The van der Waals surface area contributed by atoms with Gasteiger partial charge in [0.25, 0.3) is 0 Å². The molecule has 0 bridgehead atoms. The van der Waals surface area contributed by atoms with Crippen LogP contribution < -0.4 is 5.73 Å². The van der Waals surface area contributed by atoms with Gasteiger partial charge in [0.2, 0.25) is 0 Å². The average Bonchev–Trinajstić information content (AvgIpc) is 2.90. The highest BCUT2D eigenvalue weighted by Gasteiger charge is 2.29. The van der Waals surface area contributed by atoms with E-state index in [2.05, 4.69) is 49.4 Å². The van der Waals surface area contributed by atoms with Gasteiger partial charge in [0.1, 0.15) is 0 Å². The van der Waals surface area contributed by atoms with Gasteiger partial charge in [-0.2, -0.15) is 0 Å². The molecule has 0 fully saturated rings.